The molecular weight excluding hydrogens is 577 g/mol. The van der Waals surface area contributed by atoms with Crippen molar-refractivity contribution in [2.45, 2.75) is 27.7 Å². The maximum atomic E-state index is 2.36. The van der Waals surface area contributed by atoms with Crippen LogP contribution in [0.4, 0.5) is 0 Å². The summed E-state index contributed by atoms with van der Waals surface area (Å²) in [6.45, 7) is 8.25. The van der Waals surface area contributed by atoms with Crippen LogP contribution in [0.25, 0.3) is 82.9 Å². The maximum absolute atomic E-state index is 2.36. The average Bonchev–Trinajstić information content (AvgIpc) is 3.15. The van der Waals surface area contributed by atoms with Gasteiger partial charge in [-0.2, -0.15) is 0 Å². The van der Waals surface area contributed by atoms with E-state index in [1.807, 2.05) is 13.8 Å². The van der Waals surface area contributed by atoms with Gasteiger partial charge in [0.1, 0.15) is 0 Å². The van der Waals surface area contributed by atoms with E-state index in [0.717, 1.165) is 0 Å². The molecule has 0 N–H and O–H groups in total. The largest absolute Gasteiger partial charge is 0.0871 e. The average molecular weight is 617 g/mol. The predicted octanol–water partition coefficient (Wildman–Crippen LogP) is 14.2. The Morgan fingerprint density at radius 2 is 0.854 bits per heavy atom. The van der Waals surface area contributed by atoms with Crippen molar-refractivity contribution in [3.05, 3.63) is 175 Å². The second kappa shape index (κ2) is 13.6. The molecule has 0 aliphatic carbocycles. The first-order chi connectivity index (χ1) is 23.7. The van der Waals surface area contributed by atoms with Crippen molar-refractivity contribution in [1.29, 1.82) is 0 Å². The fraction of sp³-hybridized carbons (Fsp3) is 0.0833. The van der Waals surface area contributed by atoms with Crippen LogP contribution < -0.4 is 0 Å². The molecule has 0 heterocycles. The lowest BCUT2D eigenvalue weighted by molar-refractivity contribution is 1.44. The van der Waals surface area contributed by atoms with E-state index in [0.29, 0.717) is 0 Å². The van der Waals surface area contributed by atoms with Crippen molar-refractivity contribution < 1.29 is 0 Å². The van der Waals surface area contributed by atoms with Gasteiger partial charge in [0.2, 0.25) is 0 Å². The summed E-state index contributed by atoms with van der Waals surface area (Å²) in [7, 11) is 0. The number of hydrogen-bond acceptors (Lipinski definition) is 0. The Labute approximate surface area is 284 Å². The Morgan fingerprint density at radius 1 is 0.375 bits per heavy atom. The van der Waals surface area contributed by atoms with Gasteiger partial charge in [0, 0.05) is 0 Å². The monoisotopic (exact) mass is 616 g/mol. The van der Waals surface area contributed by atoms with E-state index < -0.39 is 0 Å². The fourth-order valence-corrected chi connectivity index (χ4v) is 6.98. The highest BCUT2D eigenvalue weighted by atomic mass is 14.2. The fourth-order valence-electron chi connectivity index (χ4n) is 6.98. The van der Waals surface area contributed by atoms with Crippen molar-refractivity contribution in [3.63, 3.8) is 0 Å². The number of fused-ring (bicyclic) bond motifs is 3. The number of allylic oxidation sites excluding steroid dienone is 1. The minimum Gasteiger partial charge on any atom is -0.0871 e. The van der Waals surface area contributed by atoms with Crippen molar-refractivity contribution in [2.24, 2.45) is 0 Å². The van der Waals surface area contributed by atoms with Gasteiger partial charge < -0.3 is 0 Å². The Balaban J connectivity index is 0.00000179. The van der Waals surface area contributed by atoms with E-state index in [2.05, 4.69) is 184 Å². The third-order valence-electron chi connectivity index (χ3n) is 9.30. The molecule has 0 spiro atoms. The molecule has 8 rings (SSSR count). The molecule has 48 heavy (non-hydrogen) atoms. The summed E-state index contributed by atoms with van der Waals surface area (Å²) in [4.78, 5) is 0. The lowest BCUT2D eigenvalue weighted by Crippen LogP contribution is -1.91. The Kier molecular flexibility index (Phi) is 8.73. The zero-order valence-corrected chi connectivity index (χ0v) is 28.2. The first-order valence-electron chi connectivity index (χ1n) is 17.1. The van der Waals surface area contributed by atoms with Crippen molar-refractivity contribution in [3.8, 4) is 44.5 Å². The molecule has 0 heteroatoms. The van der Waals surface area contributed by atoms with Crippen molar-refractivity contribution >= 4 is 38.4 Å². The highest BCUT2D eigenvalue weighted by Crippen LogP contribution is 2.44. The van der Waals surface area contributed by atoms with Gasteiger partial charge in [-0.15, -0.1) is 0 Å². The predicted molar refractivity (Wildman–Crippen MR) is 211 cm³/mol. The minimum atomic E-state index is 1.23. The molecule has 0 saturated heterocycles. The van der Waals surface area contributed by atoms with Crippen molar-refractivity contribution in [1.82, 2.24) is 0 Å². The van der Waals surface area contributed by atoms with Crippen LogP contribution >= 0.6 is 0 Å². The van der Waals surface area contributed by atoms with Crippen molar-refractivity contribution in [2.75, 3.05) is 0 Å². The van der Waals surface area contributed by atoms with E-state index in [1.54, 1.807) is 0 Å². The highest BCUT2D eigenvalue weighted by molar-refractivity contribution is 6.21. The third kappa shape index (κ3) is 5.72. The summed E-state index contributed by atoms with van der Waals surface area (Å²) < 4.78 is 0. The van der Waals surface area contributed by atoms with E-state index >= 15 is 0 Å². The minimum absolute atomic E-state index is 1.23. The van der Waals surface area contributed by atoms with Crippen LogP contribution in [0.2, 0.25) is 0 Å². The summed E-state index contributed by atoms with van der Waals surface area (Å²) in [6, 6.07) is 58.0. The molecule has 0 unspecified atom stereocenters. The lowest BCUT2D eigenvalue weighted by Gasteiger charge is -2.18. The molecule has 0 amide bonds. The number of rotatable bonds is 5. The molecule has 0 saturated carbocycles. The molecule has 0 bridgehead atoms. The van der Waals surface area contributed by atoms with Crippen LogP contribution in [-0.2, 0) is 0 Å². The molecule has 0 nitrogen and oxygen atoms in total. The first kappa shape index (κ1) is 30.9. The lowest BCUT2D eigenvalue weighted by atomic mass is 9.85. The van der Waals surface area contributed by atoms with Gasteiger partial charge in [-0.05, 0) is 120 Å². The molecule has 0 aromatic heterocycles. The Bertz CT molecular complexity index is 2360. The summed E-state index contributed by atoms with van der Waals surface area (Å²) in [5, 5.41) is 7.61. The summed E-state index contributed by atoms with van der Waals surface area (Å²) >= 11 is 0. The smallest absolute Gasteiger partial charge is 0.00262 e. The van der Waals surface area contributed by atoms with Gasteiger partial charge in [0.25, 0.3) is 0 Å². The highest BCUT2D eigenvalue weighted by Gasteiger charge is 2.17. The number of aryl methyl sites for hydroxylation is 1. The van der Waals surface area contributed by atoms with Crippen LogP contribution in [0, 0.1) is 6.92 Å². The normalized spacial score (nSPS) is 11.2. The summed E-state index contributed by atoms with van der Waals surface area (Å²) in [6.07, 6.45) is 4.30. The molecule has 8 aromatic rings. The second-order valence-electron chi connectivity index (χ2n) is 12.1. The van der Waals surface area contributed by atoms with E-state index in [-0.39, 0.29) is 0 Å². The van der Waals surface area contributed by atoms with E-state index in [4.69, 9.17) is 0 Å². The summed E-state index contributed by atoms with van der Waals surface area (Å²) in [5.41, 5.74) is 12.5. The zero-order chi connectivity index (χ0) is 33.0. The molecule has 0 aliphatic rings. The standard InChI is InChI=1S/C46H34.C2H6/c1-3-11-35-28-39(21-20-31(35)2)37-14-10-15-40(30-37)46-43-18-8-6-16-41(43)45(42-17-7-9-19-44(42)46)34-25-22-33(23-26-34)38-27-24-32-12-4-5-13-36(32)29-38;1-2/h3-30H,1-2H3;1-2H3/b11-3-;. The third-order valence-corrected chi connectivity index (χ3v) is 9.30. The molecule has 0 aliphatic heterocycles. The molecular formula is C48H40. The molecule has 232 valence electrons. The topological polar surface area (TPSA) is 0 Å². The van der Waals surface area contributed by atoms with Gasteiger partial charge in [0.05, 0.1) is 0 Å². The van der Waals surface area contributed by atoms with Crippen LogP contribution in [0.5, 0.6) is 0 Å². The Morgan fingerprint density at radius 3 is 1.50 bits per heavy atom. The molecule has 0 fully saturated rings. The van der Waals surface area contributed by atoms with Gasteiger partial charge >= 0.3 is 0 Å². The number of benzene rings is 8. The van der Waals surface area contributed by atoms with Crippen LogP contribution in [-0.4, -0.2) is 0 Å². The van der Waals surface area contributed by atoms with E-state index in [1.165, 1.54) is 88.0 Å². The summed E-state index contributed by atoms with van der Waals surface area (Å²) in [5.74, 6) is 0. The van der Waals surface area contributed by atoms with Gasteiger partial charge in [0.15, 0.2) is 0 Å². The Hall–Kier alpha value is -5.72. The first-order valence-corrected chi connectivity index (χ1v) is 17.1. The maximum Gasteiger partial charge on any atom is -0.00262 e. The van der Waals surface area contributed by atoms with Crippen LogP contribution in [0.1, 0.15) is 31.9 Å². The molecule has 8 aromatic carbocycles. The van der Waals surface area contributed by atoms with Gasteiger partial charge in [-0.25, -0.2) is 0 Å². The van der Waals surface area contributed by atoms with Gasteiger partial charge in [-0.3, -0.25) is 0 Å². The SMILES string of the molecule is C/C=C\c1cc(-c2cccc(-c3c4ccccc4c(-c4ccc(-c5ccc6ccccc6c5)cc4)c4ccccc34)c2)ccc1C.CC. The van der Waals surface area contributed by atoms with E-state index in [9.17, 15) is 0 Å². The number of hydrogen-bond donors (Lipinski definition) is 0. The zero-order valence-electron chi connectivity index (χ0n) is 28.2. The van der Waals surface area contributed by atoms with Crippen LogP contribution in [0.15, 0.2) is 164 Å². The molecule has 0 radical (unpaired) electrons. The van der Waals surface area contributed by atoms with Gasteiger partial charge in [-0.1, -0.05) is 166 Å². The quantitative estimate of drug-likeness (QED) is 0.169. The molecule has 0 atom stereocenters. The second-order valence-corrected chi connectivity index (χ2v) is 12.1. The van der Waals surface area contributed by atoms with Crippen LogP contribution in [0.3, 0.4) is 0 Å².